The largest absolute Gasteiger partial charge is 0.496 e. The summed E-state index contributed by atoms with van der Waals surface area (Å²) < 4.78 is 5.20. The zero-order valence-electron chi connectivity index (χ0n) is 12.1. The van der Waals surface area contributed by atoms with Crippen LogP contribution in [0.25, 0.3) is 0 Å². The monoisotopic (exact) mass is 293 g/mol. The number of rotatable bonds is 6. The lowest BCUT2D eigenvalue weighted by molar-refractivity contribution is 0.0953. The molecule has 2 rings (SSSR count). The highest BCUT2D eigenvalue weighted by atomic mass is 32.2. The molecule has 1 aromatic rings. The van der Waals surface area contributed by atoms with Gasteiger partial charge in [-0.3, -0.25) is 4.79 Å². The average molecular weight is 293 g/mol. The van der Waals surface area contributed by atoms with Crippen molar-refractivity contribution in [3.63, 3.8) is 0 Å². The van der Waals surface area contributed by atoms with E-state index in [1.165, 1.54) is 32.1 Å². The molecular formula is C16H23NO2S. The van der Waals surface area contributed by atoms with Crippen LogP contribution in [0.3, 0.4) is 0 Å². The highest BCUT2D eigenvalue weighted by Crippen LogP contribution is 2.27. The van der Waals surface area contributed by atoms with Gasteiger partial charge in [-0.25, -0.2) is 0 Å². The lowest BCUT2D eigenvalue weighted by Crippen LogP contribution is -2.26. The van der Waals surface area contributed by atoms with Gasteiger partial charge in [0.1, 0.15) is 5.75 Å². The van der Waals surface area contributed by atoms with Gasteiger partial charge in [-0.05, 0) is 25.0 Å². The first-order valence-corrected chi connectivity index (χ1v) is 8.39. The lowest BCUT2D eigenvalue weighted by atomic mass is 10.0. The van der Waals surface area contributed by atoms with Crippen LogP contribution in [0.5, 0.6) is 5.75 Å². The number of para-hydroxylation sites is 1. The quantitative estimate of drug-likeness (QED) is 0.816. The summed E-state index contributed by atoms with van der Waals surface area (Å²) in [6.45, 7) is 0.720. The second-order valence-corrected chi connectivity index (χ2v) is 6.50. The molecule has 1 aliphatic carbocycles. The number of methoxy groups -OCH3 is 1. The molecule has 0 bridgehead atoms. The fraction of sp³-hybridized carbons (Fsp3) is 0.562. The third-order valence-electron chi connectivity index (χ3n) is 3.64. The maximum atomic E-state index is 12.1. The molecule has 0 heterocycles. The Hall–Kier alpha value is -1.16. The van der Waals surface area contributed by atoms with E-state index in [-0.39, 0.29) is 5.91 Å². The van der Waals surface area contributed by atoms with Crippen molar-refractivity contribution in [3.8, 4) is 5.75 Å². The van der Waals surface area contributed by atoms with Crippen LogP contribution < -0.4 is 10.1 Å². The molecule has 1 aromatic carbocycles. The van der Waals surface area contributed by atoms with Crippen LogP contribution in [-0.2, 0) is 0 Å². The molecular weight excluding hydrogens is 270 g/mol. The summed E-state index contributed by atoms with van der Waals surface area (Å²) in [6, 6.07) is 7.33. The SMILES string of the molecule is COc1ccccc1C(=O)NCCSC1CCCCC1. The van der Waals surface area contributed by atoms with Gasteiger partial charge in [0.15, 0.2) is 0 Å². The Morgan fingerprint density at radius 2 is 2.05 bits per heavy atom. The van der Waals surface area contributed by atoms with Crippen LogP contribution in [0.1, 0.15) is 42.5 Å². The number of nitrogens with one attached hydrogen (secondary N) is 1. The molecule has 1 saturated carbocycles. The Morgan fingerprint density at radius 1 is 1.30 bits per heavy atom. The van der Waals surface area contributed by atoms with Crippen molar-refractivity contribution < 1.29 is 9.53 Å². The van der Waals surface area contributed by atoms with E-state index in [0.29, 0.717) is 11.3 Å². The highest BCUT2D eigenvalue weighted by molar-refractivity contribution is 7.99. The fourth-order valence-electron chi connectivity index (χ4n) is 2.55. The van der Waals surface area contributed by atoms with Crippen molar-refractivity contribution >= 4 is 17.7 Å². The van der Waals surface area contributed by atoms with Crippen LogP contribution in [0, 0.1) is 0 Å². The van der Waals surface area contributed by atoms with E-state index in [1.54, 1.807) is 13.2 Å². The number of thioether (sulfide) groups is 1. The van der Waals surface area contributed by atoms with Gasteiger partial charge in [-0.2, -0.15) is 11.8 Å². The minimum Gasteiger partial charge on any atom is -0.496 e. The maximum absolute atomic E-state index is 12.1. The van der Waals surface area contributed by atoms with Crippen LogP contribution in [0.4, 0.5) is 0 Å². The van der Waals surface area contributed by atoms with E-state index < -0.39 is 0 Å². The molecule has 0 spiro atoms. The summed E-state index contributed by atoms with van der Waals surface area (Å²) in [5.41, 5.74) is 0.609. The van der Waals surface area contributed by atoms with E-state index >= 15 is 0 Å². The fourth-order valence-corrected chi connectivity index (χ4v) is 3.77. The van der Waals surface area contributed by atoms with Gasteiger partial charge in [-0.1, -0.05) is 31.4 Å². The predicted molar refractivity (Wildman–Crippen MR) is 84.7 cm³/mol. The van der Waals surface area contributed by atoms with Crippen molar-refractivity contribution in [3.05, 3.63) is 29.8 Å². The molecule has 1 N–H and O–H groups in total. The van der Waals surface area contributed by atoms with Gasteiger partial charge >= 0.3 is 0 Å². The van der Waals surface area contributed by atoms with Crippen LogP contribution >= 0.6 is 11.8 Å². The zero-order valence-corrected chi connectivity index (χ0v) is 12.9. The summed E-state index contributed by atoms with van der Waals surface area (Å²) in [4.78, 5) is 12.1. The van der Waals surface area contributed by atoms with Crippen LogP contribution in [0.2, 0.25) is 0 Å². The number of benzene rings is 1. The molecule has 0 saturated heterocycles. The third-order valence-corrected chi connectivity index (χ3v) is 5.03. The molecule has 0 aromatic heterocycles. The summed E-state index contributed by atoms with van der Waals surface area (Å²) in [7, 11) is 1.59. The molecule has 1 amide bonds. The van der Waals surface area contributed by atoms with E-state index in [0.717, 1.165) is 17.5 Å². The van der Waals surface area contributed by atoms with E-state index in [2.05, 4.69) is 5.32 Å². The minimum absolute atomic E-state index is 0.0494. The number of hydrogen-bond acceptors (Lipinski definition) is 3. The molecule has 4 heteroatoms. The normalized spacial score (nSPS) is 15.8. The molecule has 0 radical (unpaired) electrons. The maximum Gasteiger partial charge on any atom is 0.255 e. The van der Waals surface area contributed by atoms with Crippen molar-refractivity contribution in [1.82, 2.24) is 5.32 Å². The second kappa shape index (κ2) is 8.20. The summed E-state index contributed by atoms with van der Waals surface area (Å²) in [6.07, 6.45) is 6.80. The summed E-state index contributed by atoms with van der Waals surface area (Å²) in [5.74, 6) is 1.57. The predicted octanol–water partition coefficient (Wildman–Crippen LogP) is 3.49. The van der Waals surface area contributed by atoms with Gasteiger partial charge < -0.3 is 10.1 Å². The van der Waals surface area contributed by atoms with E-state index in [4.69, 9.17) is 4.74 Å². The summed E-state index contributed by atoms with van der Waals surface area (Å²) >= 11 is 2.00. The zero-order chi connectivity index (χ0) is 14.2. The first-order valence-electron chi connectivity index (χ1n) is 7.34. The smallest absolute Gasteiger partial charge is 0.255 e. The van der Waals surface area contributed by atoms with E-state index in [9.17, 15) is 4.79 Å². The number of ether oxygens (including phenoxy) is 1. The van der Waals surface area contributed by atoms with E-state index in [1.807, 2.05) is 30.0 Å². The summed E-state index contributed by atoms with van der Waals surface area (Å²) in [5, 5.41) is 3.77. The third kappa shape index (κ3) is 4.44. The molecule has 20 heavy (non-hydrogen) atoms. The lowest BCUT2D eigenvalue weighted by Gasteiger charge is -2.20. The molecule has 0 unspecified atom stereocenters. The molecule has 0 aliphatic heterocycles. The van der Waals surface area contributed by atoms with Gasteiger partial charge in [-0.15, -0.1) is 0 Å². The van der Waals surface area contributed by atoms with Crippen molar-refractivity contribution in [1.29, 1.82) is 0 Å². The molecule has 110 valence electrons. The van der Waals surface area contributed by atoms with Crippen molar-refractivity contribution in [2.45, 2.75) is 37.4 Å². The van der Waals surface area contributed by atoms with Crippen LogP contribution in [-0.4, -0.2) is 30.6 Å². The van der Waals surface area contributed by atoms with Gasteiger partial charge in [0, 0.05) is 17.5 Å². The van der Waals surface area contributed by atoms with Gasteiger partial charge in [0.2, 0.25) is 0 Å². The number of hydrogen-bond donors (Lipinski definition) is 1. The second-order valence-electron chi connectivity index (χ2n) is 5.09. The Kier molecular flexibility index (Phi) is 6.25. The number of carbonyl (C=O) groups is 1. The van der Waals surface area contributed by atoms with Gasteiger partial charge in [0.05, 0.1) is 12.7 Å². The minimum atomic E-state index is -0.0494. The number of carbonyl (C=O) groups excluding carboxylic acids is 1. The number of amides is 1. The molecule has 1 aliphatic rings. The Morgan fingerprint density at radius 3 is 2.80 bits per heavy atom. The topological polar surface area (TPSA) is 38.3 Å². The van der Waals surface area contributed by atoms with Crippen LogP contribution in [0.15, 0.2) is 24.3 Å². The molecule has 0 atom stereocenters. The van der Waals surface area contributed by atoms with Gasteiger partial charge in [0.25, 0.3) is 5.91 Å². The Bertz CT molecular complexity index is 430. The van der Waals surface area contributed by atoms with Crippen molar-refractivity contribution in [2.24, 2.45) is 0 Å². The van der Waals surface area contributed by atoms with Crippen molar-refractivity contribution in [2.75, 3.05) is 19.4 Å². The first kappa shape index (κ1) is 15.2. The average Bonchev–Trinajstić information content (AvgIpc) is 2.52. The Balaban J connectivity index is 1.72. The highest BCUT2D eigenvalue weighted by Gasteiger charge is 2.14. The molecule has 1 fully saturated rings. The molecule has 3 nitrogen and oxygen atoms in total. The first-order chi connectivity index (χ1) is 9.81. The Labute approximate surface area is 125 Å². The standard InChI is InChI=1S/C16H23NO2S/c1-19-15-10-6-5-9-14(15)16(18)17-11-12-20-13-7-3-2-4-8-13/h5-6,9-10,13H,2-4,7-8,11-12H2,1H3,(H,17,18).